The first kappa shape index (κ1) is 19.5. The molecule has 0 aliphatic carbocycles. The lowest BCUT2D eigenvalue weighted by molar-refractivity contribution is -0.154. The largest absolute Gasteiger partial charge is 0.451 e. The summed E-state index contributed by atoms with van der Waals surface area (Å²) in [7, 11) is 0. The second-order valence-corrected chi connectivity index (χ2v) is 5.78. The van der Waals surface area contributed by atoms with Crippen molar-refractivity contribution < 1.29 is 27.5 Å². The number of para-hydroxylation sites is 1. The Morgan fingerprint density at radius 3 is 2.38 bits per heavy atom. The van der Waals surface area contributed by atoms with Gasteiger partial charge in [0.05, 0.1) is 0 Å². The van der Waals surface area contributed by atoms with Crippen LogP contribution >= 0.6 is 0 Å². The average molecular weight is 369 g/mol. The van der Waals surface area contributed by atoms with Crippen LogP contribution in [-0.4, -0.2) is 27.8 Å². The molecule has 0 spiro atoms. The zero-order valence-corrected chi connectivity index (χ0v) is 14.4. The zero-order chi connectivity index (χ0) is 19.5. The summed E-state index contributed by atoms with van der Waals surface area (Å²) in [5.74, 6) is -1.40. The first-order valence-corrected chi connectivity index (χ1v) is 7.75. The zero-order valence-electron chi connectivity index (χ0n) is 14.4. The summed E-state index contributed by atoms with van der Waals surface area (Å²) in [6, 6.07) is 6.26. The topological polar surface area (TPSA) is 73.2 Å². The lowest BCUT2D eigenvalue weighted by Crippen LogP contribution is -2.31. The first-order chi connectivity index (χ1) is 12.1. The van der Waals surface area contributed by atoms with Gasteiger partial charge in [0.1, 0.15) is 6.54 Å². The number of alkyl halides is 3. The van der Waals surface area contributed by atoms with Gasteiger partial charge in [0, 0.05) is 11.9 Å². The molecule has 0 saturated heterocycles. The van der Waals surface area contributed by atoms with E-state index in [0.717, 1.165) is 28.1 Å². The van der Waals surface area contributed by atoms with E-state index in [1.165, 1.54) is 6.92 Å². The molecule has 140 valence electrons. The SMILES string of the molecule is Cc1cccc(C)c1NC(=O)C(C)OC(=O)Cn1ccc(C(F)(F)F)n1. The molecule has 1 unspecified atom stereocenters. The molecule has 26 heavy (non-hydrogen) atoms. The van der Waals surface area contributed by atoms with Crippen molar-refractivity contribution in [2.45, 2.75) is 39.6 Å². The highest BCUT2D eigenvalue weighted by Gasteiger charge is 2.33. The second kappa shape index (κ2) is 7.59. The number of hydrogen-bond donors (Lipinski definition) is 1. The van der Waals surface area contributed by atoms with Crippen LogP contribution in [0.2, 0.25) is 0 Å². The summed E-state index contributed by atoms with van der Waals surface area (Å²) in [6.07, 6.45) is -4.68. The Bertz CT molecular complexity index is 795. The maximum atomic E-state index is 12.5. The molecule has 1 aromatic carbocycles. The van der Waals surface area contributed by atoms with Gasteiger partial charge in [-0.25, -0.2) is 0 Å². The molecule has 0 saturated carbocycles. The van der Waals surface area contributed by atoms with Crippen LogP contribution in [0.15, 0.2) is 30.5 Å². The van der Waals surface area contributed by atoms with Crippen LogP contribution in [0.4, 0.5) is 18.9 Å². The van der Waals surface area contributed by atoms with Gasteiger partial charge in [-0.15, -0.1) is 0 Å². The first-order valence-electron chi connectivity index (χ1n) is 7.75. The highest BCUT2D eigenvalue weighted by Crippen LogP contribution is 2.27. The Morgan fingerprint density at radius 2 is 1.85 bits per heavy atom. The van der Waals surface area contributed by atoms with Crippen molar-refractivity contribution in [3.63, 3.8) is 0 Å². The minimum atomic E-state index is -4.59. The minimum Gasteiger partial charge on any atom is -0.451 e. The van der Waals surface area contributed by atoms with Crippen molar-refractivity contribution in [1.82, 2.24) is 9.78 Å². The Balaban J connectivity index is 1.94. The van der Waals surface area contributed by atoms with Gasteiger partial charge in [0.2, 0.25) is 0 Å². The van der Waals surface area contributed by atoms with E-state index in [4.69, 9.17) is 4.74 Å². The smallest absolute Gasteiger partial charge is 0.435 e. The molecule has 1 atom stereocenters. The highest BCUT2D eigenvalue weighted by molar-refractivity contribution is 5.96. The number of nitrogens with one attached hydrogen (secondary N) is 1. The van der Waals surface area contributed by atoms with Gasteiger partial charge in [-0.1, -0.05) is 18.2 Å². The molecule has 0 radical (unpaired) electrons. The van der Waals surface area contributed by atoms with E-state index < -0.39 is 36.4 Å². The lowest BCUT2D eigenvalue weighted by Gasteiger charge is -2.16. The van der Waals surface area contributed by atoms with Crippen LogP contribution in [0, 0.1) is 13.8 Å². The molecule has 2 rings (SSSR count). The number of hydrogen-bond acceptors (Lipinski definition) is 4. The van der Waals surface area contributed by atoms with Crippen LogP contribution < -0.4 is 5.32 Å². The van der Waals surface area contributed by atoms with Gasteiger partial charge in [0.25, 0.3) is 5.91 Å². The summed E-state index contributed by atoms with van der Waals surface area (Å²) in [4.78, 5) is 24.0. The van der Waals surface area contributed by atoms with Crippen molar-refractivity contribution in [2.75, 3.05) is 5.32 Å². The van der Waals surface area contributed by atoms with E-state index in [1.807, 2.05) is 32.0 Å². The molecule has 9 heteroatoms. The fourth-order valence-corrected chi connectivity index (χ4v) is 2.26. The molecule has 1 N–H and O–H groups in total. The summed E-state index contributed by atoms with van der Waals surface area (Å²) >= 11 is 0. The number of carbonyl (C=O) groups excluding carboxylic acids is 2. The van der Waals surface area contributed by atoms with E-state index in [2.05, 4.69) is 10.4 Å². The van der Waals surface area contributed by atoms with Gasteiger partial charge in [-0.3, -0.25) is 14.3 Å². The predicted molar refractivity (Wildman–Crippen MR) is 87.3 cm³/mol. The number of anilines is 1. The molecule has 1 aromatic heterocycles. The number of halogens is 3. The van der Waals surface area contributed by atoms with Gasteiger partial charge >= 0.3 is 12.1 Å². The van der Waals surface area contributed by atoms with Crippen LogP contribution in [-0.2, 0) is 27.0 Å². The maximum Gasteiger partial charge on any atom is 0.435 e. The summed E-state index contributed by atoms with van der Waals surface area (Å²) in [6.45, 7) is 4.51. The second-order valence-electron chi connectivity index (χ2n) is 5.78. The molecule has 1 heterocycles. The van der Waals surface area contributed by atoms with E-state index in [-0.39, 0.29) is 0 Å². The van der Waals surface area contributed by atoms with Crippen molar-refractivity contribution in [1.29, 1.82) is 0 Å². The molecule has 1 amide bonds. The Kier molecular flexibility index (Phi) is 5.69. The fourth-order valence-electron chi connectivity index (χ4n) is 2.26. The molecular formula is C17H18F3N3O3. The fraction of sp³-hybridized carbons (Fsp3) is 0.353. The highest BCUT2D eigenvalue weighted by atomic mass is 19.4. The van der Waals surface area contributed by atoms with Gasteiger partial charge in [-0.2, -0.15) is 18.3 Å². The molecule has 6 nitrogen and oxygen atoms in total. The molecule has 0 aliphatic heterocycles. The average Bonchev–Trinajstić information content (AvgIpc) is 2.99. The van der Waals surface area contributed by atoms with Crippen molar-refractivity contribution >= 4 is 17.6 Å². The van der Waals surface area contributed by atoms with Gasteiger partial charge in [0.15, 0.2) is 11.8 Å². The molecule has 2 aromatic rings. The monoisotopic (exact) mass is 369 g/mol. The third-order valence-corrected chi connectivity index (χ3v) is 3.63. The number of amides is 1. The number of nitrogens with zero attached hydrogens (tertiary/aromatic N) is 2. The van der Waals surface area contributed by atoms with Crippen molar-refractivity contribution in [3.8, 4) is 0 Å². The summed E-state index contributed by atoms with van der Waals surface area (Å²) in [5, 5.41) is 5.94. The Morgan fingerprint density at radius 1 is 1.23 bits per heavy atom. The number of aryl methyl sites for hydroxylation is 2. The lowest BCUT2D eigenvalue weighted by atomic mass is 10.1. The number of ether oxygens (including phenoxy) is 1. The van der Waals surface area contributed by atoms with Crippen LogP contribution in [0.1, 0.15) is 23.7 Å². The van der Waals surface area contributed by atoms with Crippen LogP contribution in [0.5, 0.6) is 0 Å². The van der Waals surface area contributed by atoms with Crippen LogP contribution in [0.3, 0.4) is 0 Å². The number of rotatable bonds is 5. The predicted octanol–water partition coefficient (Wildman–Crippen LogP) is 3.09. The van der Waals surface area contributed by atoms with E-state index in [1.54, 1.807) is 0 Å². The van der Waals surface area contributed by atoms with Gasteiger partial charge in [-0.05, 0) is 38.0 Å². The normalized spacial score (nSPS) is 12.5. The number of benzene rings is 1. The van der Waals surface area contributed by atoms with E-state index in [9.17, 15) is 22.8 Å². The maximum absolute atomic E-state index is 12.5. The standard InChI is InChI=1S/C17H18F3N3O3/c1-10-5-4-6-11(2)15(10)21-16(25)12(3)26-14(24)9-23-8-7-13(22-23)17(18,19)20/h4-8,12H,9H2,1-3H3,(H,21,25). The third kappa shape index (κ3) is 4.84. The third-order valence-electron chi connectivity index (χ3n) is 3.63. The number of aromatic nitrogens is 2. The summed E-state index contributed by atoms with van der Waals surface area (Å²) < 4.78 is 43.2. The quantitative estimate of drug-likeness (QED) is 0.822. The Labute approximate surface area is 147 Å². The van der Waals surface area contributed by atoms with E-state index >= 15 is 0 Å². The number of esters is 1. The molecular weight excluding hydrogens is 351 g/mol. The molecule has 0 aliphatic rings. The van der Waals surface area contributed by atoms with Crippen molar-refractivity contribution in [3.05, 3.63) is 47.3 Å². The number of carbonyl (C=O) groups is 2. The Hall–Kier alpha value is -2.84. The van der Waals surface area contributed by atoms with E-state index in [0.29, 0.717) is 5.69 Å². The molecule has 0 bridgehead atoms. The van der Waals surface area contributed by atoms with Crippen molar-refractivity contribution in [2.24, 2.45) is 0 Å². The minimum absolute atomic E-state index is 0.531. The molecule has 0 fully saturated rings. The van der Waals surface area contributed by atoms with Gasteiger partial charge < -0.3 is 10.1 Å². The summed E-state index contributed by atoms with van der Waals surface area (Å²) in [5.41, 5.74) is 1.23. The van der Waals surface area contributed by atoms with Crippen LogP contribution in [0.25, 0.3) is 0 Å².